The highest BCUT2D eigenvalue weighted by Crippen LogP contribution is 2.27. The molecule has 0 saturated carbocycles. The van der Waals surface area contributed by atoms with E-state index in [4.69, 9.17) is 10.5 Å². The lowest BCUT2D eigenvalue weighted by Gasteiger charge is -2.21. The van der Waals surface area contributed by atoms with Crippen LogP contribution in [0.5, 0.6) is 5.75 Å². The quantitative estimate of drug-likeness (QED) is 0.855. The summed E-state index contributed by atoms with van der Waals surface area (Å²) in [5.74, 6) is 0.343. The van der Waals surface area contributed by atoms with Crippen LogP contribution in [0.25, 0.3) is 0 Å². The highest BCUT2D eigenvalue weighted by molar-refractivity contribution is 5.41. The molecule has 3 heteroatoms. The van der Waals surface area contributed by atoms with Gasteiger partial charge in [0.25, 0.3) is 0 Å². The highest BCUT2D eigenvalue weighted by Gasteiger charge is 2.17. The van der Waals surface area contributed by atoms with Crippen molar-refractivity contribution in [2.24, 2.45) is 5.73 Å². The first-order chi connectivity index (χ1) is 7.37. The summed E-state index contributed by atoms with van der Waals surface area (Å²) in [7, 11) is 1.56. The van der Waals surface area contributed by atoms with Crippen LogP contribution in [0.1, 0.15) is 31.9 Å². The third-order valence-corrected chi connectivity index (χ3v) is 2.49. The van der Waals surface area contributed by atoms with Crippen molar-refractivity contribution in [2.75, 3.05) is 7.11 Å². The van der Waals surface area contributed by atoms with Crippen LogP contribution in [0.2, 0.25) is 0 Å². The number of benzene rings is 1. The standard InChI is InChI=1S/C13H20FNO/c1-5-11-9(8-13(2,3)15)6-10(14)7-12(11)16-4/h6-7H,5,8,15H2,1-4H3. The van der Waals surface area contributed by atoms with E-state index >= 15 is 0 Å². The molecule has 0 aliphatic rings. The van der Waals surface area contributed by atoms with E-state index in [9.17, 15) is 4.39 Å². The van der Waals surface area contributed by atoms with E-state index in [1.165, 1.54) is 6.07 Å². The Morgan fingerprint density at radius 1 is 1.38 bits per heavy atom. The van der Waals surface area contributed by atoms with Crippen LogP contribution in [0.3, 0.4) is 0 Å². The Kier molecular flexibility index (Phi) is 3.92. The number of methoxy groups -OCH3 is 1. The van der Waals surface area contributed by atoms with Crippen molar-refractivity contribution >= 4 is 0 Å². The van der Waals surface area contributed by atoms with E-state index in [-0.39, 0.29) is 11.4 Å². The van der Waals surface area contributed by atoms with Crippen molar-refractivity contribution in [3.8, 4) is 5.75 Å². The normalized spacial score (nSPS) is 11.6. The fourth-order valence-electron chi connectivity index (χ4n) is 1.90. The molecule has 0 amide bonds. The van der Waals surface area contributed by atoms with Crippen molar-refractivity contribution < 1.29 is 9.13 Å². The zero-order valence-corrected chi connectivity index (χ0v) is 10.4. The van der Waals surface area contributed by atoms with Gasteiger partial charge in [0.2, 0.25) is 0 Å². The molecule has 0 aliphatic carbocycles. The minimum atomic E-state index is -0.345. The predicted molar refractivity (Wildman–Crippen MR) is 64.3 cm³/mol. The molecule has 2 N–H and O–H groups in total. The fraction of sp³-hybridized carbons (Fsp3) is 0.538. The molecule has 1 aromatic rings. The van der Waals surface area contributed by atoms with Gasteiger partial charge in [0.05, 0.1) is 7.11 Å². The fourth-order valence-corrected chi connectivity index (χ4v) is 1.90. The first-order valence-corrected chi connectivity index (χ1v) is 5.51. The van der Waals surface area contributed by atoms with Gasteiger partial charge in [-0.25, -0.2) is 4.39 Å². The van der Waals surface area contributed by atoms with E-state index in [1.54, 1.807) is 13.2 Å². The Balaban J connectivity index is 3.20. The molecule has 0 radical (unpaired) electrons. The van der Waals surface area contributed by atoms with Gasteiger partial charge in [-0.2, -0.15) is 0 Å². The van der Waals surface area contributed by atoms with E-state index < -0.39 is 0 Å². The zero-order chi connectivity index (χ0) is 12.3. The summed E-state index contributed by atoms with van der Waals surface area (Å²) in [6.07, 6.45) is 1.46. The molecule has 16 heavy (non-hydrogen) atoms. The number of hydrogen-bond donors (Lipinski definition) is 1. The maximum absolute atomic E-state index is 13.4. The maximum atomic E-state index is 13.4. The van der Waals surface area contributed by atoms with Gasteiger partial charge < -0.3 is 10.5 Å². The highest BCUT2D eigenvalue weighted by atomic mass is 19.1. The van der Waals surface area contributed by atoms with Crippen LogP contribution in [0, 0.1) is 5.82 Å². The summed E-state index contributed by atoms with van der Waals surface area (Å²) in [6.45, 7) is 5.90. The Morgan fingerprint density at radius 2 is 2.00 bits per heavy atom. The van der Waals surface area contributed by atoms with Crippen LogP contribution in [-0.4, -0.2) is 12.6 Å². The van der Waals surface area contributed by atoms with Crippen molar-refractivity contribution in [1.82, 2.24) is 0 Å². The smallest absolute Gasteiger partial charge is 0.127 e. The van der Waals surface area contributed by atoms with Gasteiger partial charge >= 0.3 is 0 Å². The van der Waals surface area contributed by atoms with Gasteiger partial charge in [0, 0.05) is 11.6 Å². The van der Waals surface area contributed by atoms with Gasteiger partial charge in [-0.15, -0.1) is 0 Å². The van der Waals surface area contributed by atoms with Crippen molar-refractivity contribution in [3.63, 3.8) is 0 Å². The lowest BCUT2D eigenvalue weighted by Crippen LogP contribution is -2.34. The largest absolute Gasteiger partial charge is 0.496 e. The van der Waals surface area contributed by atoms with E-state index in [2.05, 4.69) is 0 Å². The summed E-state index contributed by atoms with van der Waals surface area (Å²) in [6, 6.07) is 2.97. The van der Waals surface area contributed by atoms with E-state index in [0.29, 0.717) is 12.2 Å². The second-order valence-corrected chi connectivity index (χ2v) is 4.76. The van der Waals surface area contributed by atoms with Crippen molar-refractivity contribution in [2.45, 2.75) is 39.2 Å². The molecule has 1 aromatic carbocycles. The van der Waals surface area contributed by atoms with Gasteiger partial charge in [-0.1, -0.05) is 6.92 Å². The van der Waals surface area contributed by atoms with Gasteiger partial charge in [-0.05, 0) is 43.9 Å². The molecule has 0 aliphatic heterocycles. The van der Waals surface area contributed by atoms with Crippen LogP contribution in [0.15, 0.2) is 12.1 Å². The van der Waals surface area contributed by atoms with Crippen LogP contribution in [-0.2, 0) is 12.8 Å². The molecule has 0 saturated heterocycles. The summed E-state index contributed by atoms with van der Waals surface area (Å²) in [5.41, 5.74) is 7.61. The van der Waals surface area contributed by atoms with Gasteiger partial charge in [-0.3, -0.25) is 0 Å². The molecule has 1 rings (SSSR count). The monoisotopic (exact) mass is 225 g/mol. The SMILES string of the molecule is CCc1c(CC(C)(C)N)cc(F)cc1OC. The van der Waals surface area contributed by atoms with E-state index in [0.717, 1.165) is 17.5 Å². The molecule has 0 aromatic heterocycles. The summed E-state index contributed by atoms with van der Waals surface area (Å²) in [5, 5.41) is 0. The van der Waals surface area contributed by atoms with Crippen molar-refractivity contribution in [3.05, 3.63) is 29.1 Å². The molecule has 0 unspecified atom stereocenters. The Bertz CT molecular complexity index is 369. The molecule has 0 atom stereocenters. The molecule has 0 spiro atoms. The third-order valence-electron chi connectivity index (χ3n) is 2.49. The molecule has 2 nitrogen and oxygen atoms in total. The van der Waals surface area contributed by atoms with Gasteiger partial charge in [0.15, 0.2) is 0 Å². The summed E-state index contributed by atoms with van der Waals surface area (Å²) >= 11 is 0. The number of hydrogen-bond acceptors (Lipinski definition) is 2. The average molecular weight is 225 g/mol. The Morgan fingerprint density at radius 3 is 2.44 bits per heavy atom. The molecule has 0 bridgehead atoms. The average Bonchev–Trinajstić information content (AvgIpc) is 2.14. The second-order valence-electron chi connectivity index (χ2n) is 4.76. The lowest BCUT2D eigenvalue weighted by atomic mass is 9.91. The lowest BCUT2D eigenvalue weighted by molar-refractivity contribution is 0.404. The molecule has 0 fully saturated rings. The Hall–Kier alpha value is -1.09. The van der Waals surface area contributed by atoms with Crippen molar-refractivity contribution in [1.29, 1.82) is 0 Å². The van der Waals surface area contributed by atoms with Crippen LogP contribution < -0.4 is 10.5 Å². The summed E-state index contributed by atoms with van der Waals surface area (Å²) in [4.78, 5) is 0. The molecular formula is C13H20FNO. The van der Waals surface area contributed by atoms with E-state index in [1.807, 2.05) is 20.8 Å². The number of rotatable bonds is 4. The molecule has 0 heterocycles. The topological polar surface area (TPSA) is 35.2 Å². The van der Waals surface area contributed by atoms with Crippen LogP contribution in [0.4, 0.5) is 4.39 Å². The number of nitrogens with two attached hydrogens (primary N) is 1. The molecule has 90 valence electrons. The van der Waals surface area contributed by atoms with Gasteiger partial charge in [0.1, 0.15) is 11.6 Å². The van der Waals surface area contributed by atoms with Crippen LogP contribution >= 0.6 is 0 Å². The zero-order valence-electron chi connectivity index (χ0n) is 10.4. The first-order valence-electron chi connectivity index (χ1n) is 5.51. The molecular weight excluding hydrogens is 205 g/mol. The maximum Gasteiger partial charge on any atom is 0.127 e. The number of halogens is 1. The second kappa shape index (κ2) is 4.83. The third kappa shape index (κ3) is 3.20. The number of ether oxygens (including phenoxy) is 1. The minimum Gasteiger partial charge on any atom is -0.496 e. The minimum absolute atomic E-state index is 0.270. The summed E-state index contributed by atoms with van der Waals surface area (Å²) < 4.78 is 18.6. The Labute approximate surface area is 96.6 Å². The predicted octanol–water partition coefficient (Wildman–Crippen LogP) is 2.68. The first kappa shape index (κ1) is 13.0.